The van der Waals surface area contributed by atoms with Crippen molar-refractivity contribution in [2.45, 2.75) is 25.9 Å². The Balaban J connectivity index is 2.03. The Hall–Kier alpha value is 0.620. The molecule has 0 bridgehead atoms. The molecule has 2 unspecified atom stereocenters. The fraction of sp³-hybridized carbons (Fsp3) is 0.636. The van der Waals surface area contributed by atoms with Gasteiger partial charge in [-0.1, -0.05) is 22.9 Å². The van der Waals surface area contributed by atoms with E-state index in [9.17, 15) is 0 Å². The molecule has 1 aliphatic heterocycles. The lowest BCUT2D eigenvalue weighted by Gasteiger charge is -2.24. The molecule has 1 nitrogen and oxygen atoms in total. The standard InChI is InChI=1S/C11H15Br2NS/c1-8-2-4-14(10(8)6-12)7-11-9(13)3-5-15-11/h3,5,8,10H,2,4,6-7H2,1H3. The predicted octanol–water partition coefficient (Wildman–Crippen LogP) is 4.12. The second kappa shape index (κ2) is 5.30. The van der Waals surface area contributed by atoms with E-state index in [0.29, 0.717) is 6.04 Å². The Morgan fingerprint density at radius 3 is 3.00 bits per heavy atom. The summed E-state index contributed by atoms with van der Waals surface area (Å²) in [7, 11) is 0. The summed E-state index contributed by atoms with van der Waals surface area (Å²) in [6.07, 6.45) is 1.33. The van der Waals surface area contributed by atoms with E-state index in [1.807, 2.05) is 11.3 Å². The Labute approximate surface area is 112 Å². The van der Waals surface area contributed by atoms with Crippen molar-refractivity contribution in [1.29, 1.82) is 0 Å². The minimum absolute atomic E-state index is 0.707. The van der Waals surface area contributed by atoms with Gasteiger partial charge in [-0.3, -0.25) is 4.90 Å². The Bertz CT molecular complexity index is 326. The molecule has 4 heteroatoms. The maximum absolute atomic E-state index is 3.63. The molecule has 1 aromatic rings. The van der Waals surface area contributed by atoms with Gasteiger partial charge in [-0.15, -0.1) is 11.3 Å². The summed E-state index contributed by atoms with van der Waals surface area (Å²) in [6, 6.07) is 2.85. The van der Waals surface area contributed by atoms with Gasteiger partial charge in [0.15, 0.2) is 0 Å². The minimum atomic E-state index is 0.707. The molecule has 0 N–H and O–H groups in total. The molecule has 1 aromatic heterocycles. The highest BCUT2D eigenvalue weighted by Gasteiger charge is 2.30. The van der Waals surface area contributed by atoms with E-state index in [-0.39, 0.29) is 0 Å². The van der Waals surface area contributed by atoms with E-state index >= 15 is 0 Å². The molecule has 15 heavy (non-hydrogen) atoms. The van der Waals surface area contributed by atoms with Crippen molar-refractivity contribution >= 4 is 43.2 Å². The molecule has 0 radical (unpaired) electrons. The summed E-state index contributed by atoms with van der Waals surface area (Å²) in [5, 5.41) is 3.25. The number of likely N-dealkylation sites (tertiary alicyclic amines) is 1. The van der Waals surface area contributed by atoms with Crippen LogP contribution in [-0.4, -0.2) is 22.8 Å². The molecule has 0 saturated carbocycles. The van der Waals surface area contributed by atoms with Crippen LogP contribution in [0.4, 0.5) is 0 Å². The van der Waals surface area contributed by atoms with E-state index in [4.69, 9.17) is 0 Å². The van der Waals surface area contributed by atoms with Crippen LogP contribution in [0.5, 0.6) is 0 Å². The lowest BCUT2D eigenvalue weighted by molar-refractivity contribution is 0.246. The first-order valence-corrected chi connectivity index (χ1v) is 8.03. The average Bonchev–Trinajstić information content (AvgIpc) is 2.76. The fourth-order valence-corrected chi connectivity index (χ4v) is 4.71. The van der Waals surface area contributed by atoms with E-state index in [0.717, 1.165) is 17.8 Å². The highest BCUT2D eigenvalue weighted by Crippen LogP contribution is 2.30. The highest BCUT2D eigenvalue weighted by atomic mass is 79.9. The molecule has 1 aliphatic rings. The van der Waals surface area contributed by atoms with Gasteiger partial charge in [0.1, 0.15) is 0 Å². The first-order valence-electron chi connectivity index (χ1n) is 5.24. The van der Waals surface area contributed by atoms with Gasteiger partial charge in [-0.25, -0.2) is 0 Å². The van der Waals surface area contributed by atoms with E-state index in [1.165, 1.54) is 22.3 Å². The lowest BCUT2D eigenvalue weighted by Crippen LogP contribution is -2.32. The monoisotopic (exact) mass is 351 g/mol. The second-order valence-electron chi connectivity index (χ2n) is 4.15. The molecule has 0 aromatic carbocycles. The van der Waals surface area contributed by atoms with Gasteiger partial charge in [0, 0.05) is 27.3 Å². The number of nitrogens with zero attached hydrogens (tertiary/aromatic N) is 1. The second-order valence-corrected chi connectivity index (χ2v) is 6.65. The zero-order valence-corrected chi connectivity index (χ0v) is 12.7. The largest absolute Gasteiger partial charge is 0.294 e. The molecule has 1 fully saturated rings. The van der Waals surface area contributed by atoms with Gasteiger partial charge in [-0.05, 0) is 46.3 Å². The van der Waals surface area contributed by atoms with E-state index < -0.39 is 0 Å². The van der Waals surface area contributed by atoms with Crippen LogP contribution in [0, 0.1) is 5.92 Å². The van der Waals surface area contributed by atoms with E-state index in [1.54, 1.807) is 0 Å². The summed E-state index contributed by atoms with van der Waals surface area (Å²) < 4.78 is 1.26. The van der Waals surface area contributed by atoms with Gasteiger partial charge in [0.2, 0.25) is 0 Å². The van der Waals surface area contributed by atoms with Crippen LogP contribution in [0.15, 0.2) is 15.9 Å². The SMILES string of the molecule is CC1CCN(Cc2sccc2Br)C1CBr. The quantitative estimate of drug-likeness (QED) is 0.739. The molecular formula is C11H15Br2NS. The Morgan fingerprint density at radius 2 is 2.40 bits per heavy atom. The third kappa shape index (κ3) is 2.65. The number of hydrogen-bond donors (Lipinski definition) is 0. The zero-order chi connectivity index (χ0) is 10.8. The molecule has 1 saturated heterocycles. The van der Waals surface area contributed by atoms with Crippen LogP contribution in [-0.2, 0) is 6.54 Å². The van der Waals surface area contributed by atoms with Crippen molar-refractivity contribution in [2.24, 2.45) is 5.92 Å². The maximum atomic E-state index is 3.63. The van der Waals surface area contributed by atoms with Gasteiger partial charge >= 0.3 is 0 Å². The smallest absolute Gasteiger partial charge is 0.0342 e. The van der Waals surface area contributed by atoms with Gasteiger partial charge in [0.05, 0.1) is 0 Å². The summed E-state index contributed by atoms with van der Waals surface area (Å²) in [5.41, 5.74) is 0. The van der Waals surface area contributed by atoms with E-state index in [2.05, 4.69) is 55.1 Å². The first-order chi connectivity index (χ1) is 7.22. The topological polar surface area (TPSA) is 3.24 Å². The van der Waals surface area contributed by atoms with Gasteiger partial charge in [-0.2, -0.15) is 0 Å². The van der Waals surface area contributed by atoms with Crippen LogP contribution in [0.3, 0.4) is 0 Å². The van der Waals surface area contributed by atoms with Crippen LogP contribution < -0.4 is 0 Å². The molecule has 2 rings (SSSR count). The van der Waals surface area contributed by atoms with Crippen LogP contribution >= 0.6 is 43.2 Å². The normalized spacial score (nSPS) is 27.4. The van der Waals surface area contributed by atoms with Gasteiger partial charge < -0.3 is 0 Å². The highest BCUT2D eigenvalue weighted by molar-refractivity contribution is 9.10. The zero-order valence-electron chi connectivity index (χ0n) is 8.75. The maximum Gasteiger partial charge on any atom is 0.0342 e. The molecule has 0 amide bonds. The summed E-state index contributed by atoms with van der Waals surface area (Å²) in [5.74, 6) is 0.822. The van der Waals surface area contributed by atoms with Crippen molar-refractivity contribution in [3.05, 3.63) is 20.8 Å². The summed E-state index contributed by atoms with van der Waals surface area (Å²) in [4.78, 5) is 4.05. The number of rotatable bonds is 3. The average molecular weight is 353 g/mol. The Morgan fingerprint density at radius 1 is 1.60 bits per heavy atom. The number of hydrogen-bond acceptors (Lipinski definition) is 2. The molecular weight excluding hydrogens is 338 g/mol. The molecule has 2 atom stereocenters. The summed E-state index contributed by atoms with van der Waals surface area (Å²) in [6.45, 7) is 4.69. The van der Waals surface area contributed by atoms with Crippen molar-refractivity contribution in [1.82, 2.24) is 4.90 Å². The van der Waals surface area contributed by atoms with Crippen molar-refractivity contribution in [3.63, 3.8) is 0 Å². The fourth-order valence-electron chi connectivity index (χ4n) is 2.16. The number of alkyl halides is 1. The van der Waals surface area contributed by atoms with Crippen molar-refractivity contribution in [2.75, 3.05) is 11.9 Å². The molecule has 84 valence electrons. The molecule has 2 heterocycles. The molecule has 0 spiro atoms. The minimum Gasteiger partial charge on any atom is -0.294 e. The lowest BCUT2D eigenvalue weighted by atomic mass is 10.1. The Kier molecular flexibility index (Phi) is 4.27. The van der Waals surface area contributed by atoms with Crippen LogP contribution in [0.25, 0.3) is 0 Å². The predicted molar refractivity (Wildman–Crippen MR) is 73.8 cm³/mol. The number of thiophene rings is 1. The third-order valence-corrected chi connectivity index (χ3v) is 5.77. The first kappa shape index (κ1) is 12.1. The van der Waals surface area contributed by atoms with Gasteiger partial charge in [0.25, 0.3) is 0 Å². The molecule has 0 aliphatic carbocycles. The van der Waals surface area contributed by atoms with Crippen LogP contribution in [0.2, 0.25) is 0 Å². The summed E-state index contributed by atoms with van der Waals surface area (Å²) >= 11 is 9.08. The number of halogens is 2. The van der Waals surface area contributed by atoms with Crippen LogP contribution in [0.1, 0.15) is 18.2 Å². The third-order valence-electron chi connectivity index (χ3n) is 3.19. The van der Waals surface area contributed by atoms with Crippen molar-refractivity contribution in [3.8, 4) is 0 Å². The van der Waals surface area contributed by atoms with Crippen molar-refractivity contribution < 1.29 is 0 Å².